The van der Waals surface area contributed by atoms with Crippen molar-refractivity contribution in [2.45, 2.75) is 0 Å². The molecule has 0 unspecified atom stereocenters. The molecule has 0 aliphatic heterocycles. The number of hydrogen-bond donors (Lipinski definition) is 2. The van der Waals surface area contributed by atoms with E-state index in [9.17, 15) is 5.26 Å². The van der Waals surface area contributed by atoms with Crippen LogP contribution in [0.5, 0.6) is 0 Å². The molecule has 0 spiro atoms. The number of para-hydroxylation sites is 1. The van der Waals surface area contributed by atoms with Crippen molar-refractivity contribution in [3.63, 3.8) is 0 Å². The van der Waals surface area contributed by atoms with E-state index in [1.54, 1.807) is 11.3 Å². The van der Waals surface area contributed by atoms with Gasteiger partial charge in [0.1, 0.15) is 11.6 Å². The zero-order chi connectivity index (χ0) is 13.1. The molecule has 3 aromatic rings. The molecule has 2 heterocycles. The van der Waals surface area contributed by atoms with Crippen molar-refractivity contribution >= 4 is 22.8 Å². The van der Waals surface area contributed by atoms with Crippen molar-refractivity contribution in [1.82, 2.24) is 10.2 Å². The van der Waals surface area contributed by atoms with Gasteiger partial charge in [-0.15, -0.1) is 11.3 Å². The van der Waals surface area contributed by atoms with Crippen LogP contribution in [0, 0.1) is 11.3 Å². The lowest BCUT2D eigenvalue weighted by Gasteiger charge is -2.02. The minimum atomic E-state index is 0.534. The first-order valence-electron chi connectivity index (χ1n) is 5.73. The molecule has 0 bridgehead atoms. The maximum Gasteiger partial charge on any atom is 0.170 e. The quantitative estimate of drug-likeness (QED) is 0.758. The van der Waals surface area contributed by atoms with Gasteiger partial charge in [-0.1, -0.05) is 24.3 Å². The molecule has 5 heteroatoms. The lowest BCUT2D eigenvalue weighted by molar-refractivity contribution is 1.10. The maximum absolute atomic E-state index is 9.32. The number of H-pyrrole nitrogens is 1. The Bertz CT molecular complexity index is 708. The van der Waals surface area contributed by atoms with Gasteiger partial charge in [0.25, 0.3) is 0 Å². The third-order valence-electron chi connectivity index (χ3n) is 2.68. The van der Waals surface area contributed by atoms with E-state index < -0.39 is 0 Å². The summed E-state index contributed by atoms with van der Waals surface area (Å²) in [6.45, 7) is 0. The molecule has 0 atom stereocenters. The van der Waals surface area contributed by atoms with Gasteiger partial charge < -0.3 is 5.32 Å². The van der Waals surface area contributed by atoms with Crippen molar-refractivity contribution in [1.29, 1.82) is 5.26 Å². The molecular formula is C14H10N4S. The highest BCUT2D eigenvalue weighted by Crippen LogP contribution is 2.30. The fraction of sp³-hybridized carbons (Fsp3) is 0. The Morgan fingerprint density at radius 2 is 2.00 bits per heavy atom. The van der Waals surface area contributed by atoms with E-state index in [0.717, 1.165) is 16.3 Å². The van der Waals surface area contributed by atoms with Crippen LogP contribution in [0.15, 0.2) is 47.8 Å². The molecule has 0 aliphatic rings. The number of aromatic amines is 1. The van der Waals surface area contributed by atoms with Crippen molar-refractivity contribution in [3.05, 3.63) is 53.4 Å². The number of hydrogen-bond acceptors (Lipinski definition) is 4. The Morgan fingerprint density at radius 1 is 1.16 bits per heavy atom. The molecule has 0 radical (unpaired) electrons. The van der Waals surface area contributed by atoms with Gasteiger partial charge in [0.15, 0.2) is 5.82 Å². The van der Waals surface area contributed by atoms with Gasteiger partial charge in [-0.3, -0.25) is 5.10 Å². The lowest BCUT2D eigenvalue weighted by Crippen LogP contribution is -1.92. The number of nitriles is 1. The topological polar surface area (TPSA) is 64.5 Å². The van der Waals surface area contributed by atoms with Crippen molar-refractivity contribution in [2.75, 3.05) is 5.32 Å². The predicted octanol–water partition coefficient (Wildman–Crippen LogP) is 3.75. The van der Waals surface area contributed by atoms with Gasteiger partial charge in [-0.25, -0.2) is 0 Å². The summed E-state index contributed by atoms with van der Waals surface area (Å²) < 4.78 is 0. The number of benzene rings is 1. The molecule has 92 valence electrons. The van der Waals surface area contributed by atoms with Crippen LogP contribution in [-0.2, 0) is 0 Å². The zero-order valence-corrected chi connectivity index (χ0v) is 10.7. The Hall–Kier alpha value is -2.58. The molecule has 2 N–H and O–H groups in total. The Morgan fingerprint density at radius 3 is 2.68 bits per heavy atom. The minimum absolute atomic E-state index is 0.534. The summed E-state index contributed by atoms with van der Waals surface area (Å²) in [6.07, 6.45) is 0. The Kier molecular flexibility index (Phi) is 3.01. The second kappa shape index (κ2) is 4.96. The summed E-state index contributed by atoms with van der Waals surface area (Å²) in [5, 5.41) is 21.5. The molecule has 19 heavy (non-hydrogen) atoms. The highest BCUT2D eigenvalue weighted by molar-refractivity contribution is 7.13. The van der Waals surface area contributed by atoms with Crippen LogP contribution in [0.1, 0.15) is 5.56 Å². The summed E-state index contributed by atoms with van der Waals surface area (Å²) in [5.74, 6) is 0.553. The van der Waals surface area contributed by atoms with E-state index in [0.29, 0.717) is 11.4 Å². The van der Waals surface area contributed by atoms with E-state index in [-0.39, 0.29) is 0 Å². The van der Waals surface area contributed by atoms with Crippen LogP contribution in [-0.4, -0.2) is 10.2 Å². The van der Waals surface area contributed by atoms with E-state index in [4.69, 9.17) is 0 Å². The first-order valence-corrected chi connectivity index (χ1v) is 6.61. The van der Waals surface area contributed by atoms with Gasteiger partial charge in [0.05, 0.1) is 10.6 Å². The largest absolute Gasteiger partial charge is 0.338 e. The third kappa shape index (κ3) is 2.21. The van der Waals surface area contributed by atoms with Crippen LogP contribution >= 0.6 is 11.3 Å². The standard InChI is InChI=1S/C14H10N4S/c15-9-11-13(12-7-4-8-19-12)17-18-14(11)16-10-5-2-1-3-6-10/h1-8H,(H2,16,17,18). The van der Waals surface area contributed by atoms with Gasteiger partial charge >= 0.3 is 0 Å². The summed E-state index contributed by atoms with van der Waals surface area (Å²) >= 11 is 1.58. The van der Waals surface area contributed by atoms with E-state index in [2.05, 4.69) is 21.6 Å². The molecule has 2 aromatic heterocycles. The van der Waals surface area contributed by atoms with Gasteiger partial charge in [0, 0.05) is 5.69 Å². The van der Waals surface area contributed by atoms with Crippen molar-refractivity contribution < 1.29 is 0 Å². The molecule has 0 saturated heterocycles. The van der Waals surface area contributed by atoms with Gasteiger partial charge in [0.2, 0.25) is 0 Å². The second-order valence-corrected chi connectivity index (χ2v) is 4.85. The number of nitrogens with zero attached hydrogens (tertiary/aromatic N) is 2. The summed E-state index contributed by atoms with van der Waals surface area (Å²) in [7, 11) is 0. The predicted molar refractivity (Wildman–Crippen MR) is 76.3 cm³/mol. The fourth-order valence-electron chi connectivity index (χ4n) is 1.80. The SMILES string of the molecule is N#Cc1c(Nc2ccccc2)n[nH]c1-c1cccs1. The normalized spacial score (nSPS) is 10.1. The van der Waals surface area contributed by atoms with Crippen LogP contribution < -0.4 is 5.32 Å². The van der Waals surface area contributed by atoms with Gasteiger partial charge in [-0.2, -0.15) is 10.4 Å². The fourth-order valence-corrected chi connectivity index (χ4v) is 2.53. The van der Waals surface area contributed by atoms with Gasteiger partial charge in [-0.05, 0) is 23.6 Å². The van der Waals surface area contributed by atoms with Crippen LogP contribution in [0.25, 0.3) is 10.6 Å². The molecule has 0 fully saturated rings. The van der Waals surface area contributed by atoms with Crippen molar-refractivity contribution in [3.8, 4) is 16.6 Å². The smallest absolute Gasteiger partial charge is 0.170 e. The maximum atomic E-state index is 9.32. The van der Waals surface area contributed by atoms with Crippen LogP contribution in [0.4, 0.5) is 11.5 Å². The molecule has 4 nitrogen and oxygen atoms in total. The van der Waals surface area contributed by atoms with E-state index in [1.807, 2.05) is 47.8 Å². The summed E-state index contributed by atoms with van der Waals surface area (Å²) in [6, 6.07) is 15.8. The first-order chi connectivity index (χ1) is 9.38. The van der Waals surface area contributed by atoms with Crippen molar-refractivity contribution in [2.24, 2.45) is 0 Å². The molecule has 0 saturated carbocycles. The summed E-state index contributed by atoms with van der Waals surface area (Å²) in [5.41, 5.74) is 2.20. The first kappa shape index (κ1) is 11.5. The monoisotopic (exact) mass is 266 g/mol. The molecule has 0 amide bonds. The number of nitrogens with one attached hydrogen (secondary N) is 2. The number of aromatic nitrogens is 2. The number of rotatable bonds is 3. The van der Waals surface area contributed by atoms with E-state index in [1.165, 1.54) is 0 Å². The lowest BCUT2D eigenvalue weighted by atomic mass is 10.2. The molecule has 1 aromatic carbocycles. The Balaban J connectivity index is 1.98. The minimum Gasteiger partial charge on any atom is -0.338 e. The van der Waals surface area contributed by atoms with Crippen LogP contribution in [0.2, 0.25) is 0 Å². The summed E-state index contributed by atoms with van der Waals surface area (Å²) in [4.78, 5) is 1.00. The van der Waals surface area contributed by atoms with Crippen LogP contribution in [0.3, 0.4) is 0 Å². The second-order valence-electron chi connectivity index (χ2n) is 3.90. The number of thiophene rings is 1. The molecule has 3 rings (SSSR count). The highest BCUT2D eigenvalue weighted by atomic mass is 32.1. The number of anilines is 2. The average molecular weight is 266 g/mol. The zero-order valence-electron chi connectivity index (χ0n) is 9.92. The molecular weight excluding hydrogens is 256 g/mol. The molecule has 0 aliphatic carbocycles. The van der Waals surface area contributed by atoms with E-state index >= 15 is 0 Å². The average Bonchev–Trinajstić information content (AvgIpc) is 3.08. The Labute approximate surface area is 114 Å². The third-order valence-corrected chi connectivity index (χ3v) is 3.57. The highest BCUT2D eigenvalue weighted by Gasteiger charge is 2.15.